The van der Waals surface area contributed by atoms with Crippen molar-refractivity contribution in [2.45, 2.75) is 12.4 Å². The molecule has 3 aromatic carbocycles. The minimum atomic E-state index is -4.60. The first-order chi connectivity index (χ1) is 18.0. The second kappa shape index (κ2) is 10.1. The van der Waals surface area contributed by atoms with Gasteiger partial charge in [-0.1, -0.05) is 24.3 Å². The number of halogens is 6. The number of rotatable bonds is 4. The van der Waals surface area contributed by atoms with Gasteiger partial charge >= 0.3 is 12.4 Å². The number of allylic oxidation sites excluding steroid dienone is 2. The lowest BCUT2D eigenvalue weighted by molar-refractivity contribution is -0.138. The summed E-state index contributed by atoms with van der Waals surface area (Å²) < 4.78 is 89.7. The van der Waals surface area contributed by atoms with Gasteiger partial charge in [-0.3, -0.25) is 0 Å². The maximum atomic E-state index is 13.0. The highest BCUT2D eigenvalue weighted by Gasteiger charge is 2.36. The van der Waals surface area contributed by atoms with Gasteiger partial charge in [0.1, 0.15) is 17.2 Å². The van der Waals surface area contributed by atoms with E-state index in [1.165, 1.54) is 0 Å². The van der Waals surface area contributed by atoms with Crippen molar-refractivity contribution in [1.29, 1.82) is 5.26 Å². The maximum Gasteiger partial charge on any atom is 0.416 e. The van der Waals surface area contributed by atoms with Crippen LogP contribution in [-0.4, -0.2) is 11.4 Å². The van der Waals surface area contributed by atoms with Crippen LogP contribution in [0.25, 0.3) is 4.95 Å². The number of ether oxygens (including phenoxy) is 2. The summed E-state index contributed by atoms with van der Waals surface area (Å²) >= 11 is 0. The van der Waals surface area contributed by atoms with E-state index in [-0.39, 0.29) is 34.4 Å². The first-order valence-electron chi connectivity index (χ1n) is 10.5. The predicted molar refractivity (Wildman–Crippen MR) is 123 cm³/mol. The van der Waals surface area contributed by atoms with Crippen LogP contribution < -0.4 is 9.47 Å². The summed E-state index contributed by atoms with van der Waals surface area (Å²) in [7, 11) is 0. The second-order valence-corrected chi connectivity index (χ2v) is 7.56. The molecule has 1 aliphatic carbocycles. The molecule has 6 nitrogen and oxygen atoms in total. The van der Waals surface area contributed by atoms with Crippen molar-refractivity contribution in [2.24, 2.45) is 10.1 Å². The van der Waals surface area contributed by atoms with Crippen LogP contribution in [0.4, 0.5) is 26.3 Å². The van der Waals surface area contributed by atoms with Gasteiger partial charge in [-0.25, -0.2) is 0 Å². The van der Waals surface area contributed by atoms with E-state index in [1.54, 1.807) is 30.5 Å². The number of hydrogen-bond acceptors (Lipinski definition) is 5. The van der Waals surface area contributed by atoms with Crippen LogP contribution in [-0.2, 0) is 12.4 Å². The largest absolute Gasteiger partial charge is 0.451 e. The Labute approximate surface area is 211 Å². The van der Waals surface area contributed by atoms with Crippen molar-refractivity contribution < 1.29 is 35.8 Å². The Morgan fingerprint density at radius 3 is 1.50 bits per heavy atom. The molecule has 0 N–H and O–H groups in total. The molecule has 0 heterocycles. The molecule has 0 fully saturated rings. The van der Waals surface area contributed by atoms with Crippen LogP contribution >= 0.6 is 0 Å². The molecular weight excluding hydrogens is 514 g/mol. The molecule has 3 aromatic rings. The molecule has 0 atom stereocenters. The smallest absolute Gasteiger partial charge is 0.416 e. The van der Waals surface area contributed by atoms with Crippen molar-refractivity contribution in [3.05, 3.63) is 118 Å². The Balaban J connectivity index is 1.89. The molecule has 1 aliphatic rings. The van der Waals surface area contributed by atoms with Gasteiger partial charge in [-0.2, -0.15) is 43.2 Å². The Kier molecular flexibility index (Phi) is 6.91. The molecule has 38 heavy (non-hydrogen) atoms. The van der Waals surface area contributed by atoms with Gasteiger partial charge in [0.05, 0.1) is 16.2 Å². The summed E-state index contributed by atoms with van der Waals surface area (Å²) in [6.07, 6.45) is -7.57. The van der Waals surface area contributed by atoms with Gasteiger partial charge in [-0.15, -0.1) is 4.95 Å². The van der Waals surface area contributed by atoms with Crippen LogP contribution in [0.5, 0.6) is 11.5 Å². The number of aliphatic imine (C=N–C) groups is 1. The van der Waals surface area contributed by atoms with E-state index in [1.807, 2.05) is 0 Å². The fraction of sp³-hybridized carbons (Fsp3) is 0.0769. The molecule has 0 saturated heterocycles. The molecule has 12 heteroatoms. The lowest BCUT2D eigenvalue weighted by Crippen LogP contribution is -2.28. The van der Waals surface area contributed by atoms with E-state index >= 15 is 0 Å². The van der Waals surface area contributed by atoms with Crippen LogP contribution in [0.1, 0.15) is 22.3 Å². The number of fused-ring (bicyclic) bond motifs is 1. The Morgan fingerprint density at radius 1 is 0.684 bits per heavy atom. The van der Waals surface area contributed by atoms with Crippen LogP contribution in [0, 0.1) is 18.0 Å². The molecule has 0 radical (unpaired) electrons. The third kappa shape index (κ3) is 5.34. The normalized spacial score (nSPS) is 15.6. The monoisotopic (exact) mass is 526 g/mol. The van der Waals surface area contributed by atoms with Crippen molar-refractivity contribution >= 4 is 11.4 Å². The first kappa shape index (κ1) is 26.0. The maximum absolute atomic E-state index is 13.0. The minimum absolute atomic E-state index is 0.0886. The van der Waals surface area contributed by atoms with E-state index in [4.69, 9.17) is 16.0 Å². The summed E-state index contributed by atoms with van der Waals surface area (Å²) in [6, 6.07) is 13.6. The molecule has 0 bridgehead atoms. The highest BCUT2D eigenvalue weighted by atomic mass is 19.4. The highest BCUT2D eigenvalue weighted by Crippen LogP contribution is 2.35. The summed E-state index contributed by atoms with van der Waals surface area (Å²) in [6.45, 7) is 7.25. The molecule has 0 aromatic heterocycles. The molecule has 4 rings (SSSR count). The van der Waals surface area contributed by atoms with Crippen LogP contribution in [0.3, 0.4) is 0 Å². The van der Waals surface area contributed by atoms with Gasteiger partial charge in [0.2, 0.25) is 12.0 Å². The topological polar surface area (TPSA) is 71.3 Å². The third-order valence-electron chi connectivity index (χ3n) is 5.19. The lowest BCUT2D eigenvalue weighted by atomic mass is 9.91. The van der Waals surface area contributed by atoms with Crippen molar-refractivity contribution in [3.63, 3.8) is 0 Å². The molecule has 0 spiro atoms. The average molecular weight is 526 g/mol. The third-order valence-corrected chi connectivity index (χ3v) is 5.19. The summed E-state index contributed by atoms with van der Waals surface area (Å²) in [5.41, 5.74) is -1.44. The fourth-order valence-corrected chi connectivity index (χ4v) is 3.52. The molecule has 0 amide bonds. The fourth-order valence-electron chi connectivity index (χ4n) is 3.52. The number of benzene rings is 3. The van der Waals surface area contributed by atoms with Gasteiger partial charge in [0.25, 0.3) is 0 Å². The van der Waals surface area contributed by atoms with Gasteiger partial charge in [0, 0.05) is 11.1 Å². The van der Waals surface area contributed by atoms with Crippen LogP contribution in [0.2, 0.25) is 0 Å². The van der Waals surface area contributed by atoms with Gasteiger partial charge in [0.15, 0.2) is 11.5 Å². The number of alkyl halides is 6. The SMILES string of the molecule is [C-]#[N+]/N=C1/C(Oc2ccc(C(F)(F)F)cc2)=C(Oc2ccc(C(F)(F)F)cc2)C(=NC#N)c2ccccc21. The second-order valence-electron chi connectivity index (χ2n) is 7.56. The molecule has 0 aliphatic heterocycles. The minimum Gasteiger partial charge on any atom is -0.451 e. The quantitative estimate of drug-likeness (QED) is 0.159. The lowest BCUT2D eigenvalue weighted by Gasteiger charge is -2.24. The zero-order valence-electron chi connectivity index (χ0n) is 18.8. The predicted octanol–water partition coefficient (Wildman–Crippen LogP) is 7.00. The zero-order chi connectivity index (χ0) is 27.5. The zero-order valence-corrected chi connectivity index (χ0v) is 18.8. The van der Waals surface area contributed by atoms with E-state index in [0.717, 1.165) is 48.5 Å². The van der Waals surface area contributed by atoms with Crippen LogP contribution in [0.15, 0.2) is 94.4 Å². The van der Waals surface area contributed by atoms with Crippen molar-refractivity contribution in [2.75, 3.05) is 0 Å². The Hall–Kier alpha value is -5.10. The van der Waals surface area contributed by atoms with Crippen molar-refractivity contribution in [1.82, 2.24) is 0 Å². The standard InChI is InChI=1S/C26H12F6N4O2/c1-34-36-22-20-5-3-2-4-19(20)21(35-14-33)23(37-17-10-6-15(7-11-17)25(27,28)29)24(22)38-18-12-8-16(9-13-18)26(30,31)32/h2-13H/b35-21?,36-22+. The Morgan fingerprint density at radius 2 is 1.11 bits per heavy atom. The van der Waals surface area contributed by atoms with Crippen molar-refractivity contribution in [3.8, 4) is 17.7 Å². The first-order valence-corrected chi connectivity index (χ1v) is 10.5. The molecule has 190 valence electrons. The highest BCUT2D eigenvalue weighted by molar-refractivity contribution is 6.29. The van der Waals surface area contributed by atoms with Gasteiger partial charge < -0.3 is 9.47 Å². The van der Waals surface area contributed by atoms with Gasteiger partial charge in [-0.05, 0) is 48.5 Å². The summed E-state index contributed by atoms with van der Waals surface area (Å²) in [5, 5.41) is 13.1. The molecule has 0 saturated carbocycles. The van der Waals surface area contributed by atoms with E-state index in [9.17, 15) is 31.6 Å². The average Bonchev–Trinajstić information content (AvgIpc) is 2.87. The molecular formula is C26H12F6N4O2. The van der Waals surface area contributed by atoms with E-state index in [0.29, 0.717) is 11.1 Å². The summed E-state index contributed by atoms with van der Waals surface area (Å²) in [5.74, 6) is -0.774. The number of hydrogen-bond donors (Lipinski definition) is 0. The number of nitrogens with zero attached hydrogens (tertiary/aromatic N) is 4. The Bertz CT molecular complexity index is 1420. The van der Waals surface area contributed by atoms with E-state index < -0.39 is 23.5 Å². The number of nitriles is 1. The summed E-state index contributed by atoms with van der Waals surface area (Å²) in [4.78, 5) is 6.83. The molecule has 0 unspecified atom stereocenters. The van der Waals surface area contributed by atoms with E-state index in [2.05, 4.69) is 15.0 Å².